The molecule has 8 heteroatoms. The number of fused-ring (bicyclic) bond motifs is 1. The molecule has 0 bridgehead atoms. The van der Waals surface area contributed by atoms with Crippen molar-refractivity contribution in [3.63, 3.8) is 0 Å². The first-order valence-electron chi connectivity index (χ1n) is 7.18. The highest BCUT2D eigenvalue weighted by molar-refractivity contribution is 5.69. The molecule has 2 aromatic rings. The Morgan fingerprint density at radius 1 is 1.25 bits per heavy atom. The predicted molar refractivity (Wildman–Crippen MR) is 80.8 cm³/mol. The molecule has 2 N–H and O–H groups in total. The molecule has 0 radical (unpaired) electrons. The number of halogens is 3. The van der Waals surface area contributed by atoms with Crippen LogP contribution in [0.1, 0.15) is 11.1 Å². The smallest absolute Gasteiger partial charge is 0.416 e. The SMILES string of the molecule is NC(=O)OC1Cc2cnccc2N(c2ccc(C(F)(F)F)cc2)C1. The van der Waals surface area contributed by atoms with Gasteiger partial charge in [0.15, 0.2) is 0 Å². The number of hydrogen-bond donors (Lipinski definition) is 1. The number of primary amides is 1. The Labute approximate surface area is 135 Å². The number of ether oxygens (including phenoxy) is 1. The van der Waals surface area contributed by atoms with E-state index in [1.54, 1.807) is 23.4 Å². The lowest BCUT2D eigenvalue weighted by molar-refractivity contribution is -0.137. The van der Waals surface area contributed by atoms with Gasteiger partial charge in [0.05, 0.1) is 12.1 Å². The molecule has 1 aliphatic heterocycles. The van der Waals surface area contributed by atoms with Gasteiger partial charge in [-0.25, -0.2) is 4.79 Å². The summed E-state index contributed by atoms with van der Waals surface area (Å²) in [6, 6.07) is 6.59. The summed E-state index contributed by atoms with van der Waals surface area (Å²) in [5.74, 6) is 0. The second kappa shape index (κ2) is 6.03. The molecule has 1 aromatic heterocycles. The third kappa shape index (κ3) is 3.27. The van der Waals surface area contributed by atoms with E-state index in [1.807, 2.05) is 0 Å². The second-order valence-corrected chi connectivity index (χ2v) is 5.42. The lowest BCUT2D eigenvalue weighted by Crippen LogP contribution is -2.39. The lowest BCUT2D eigenvalue weighted by atomic mass is 10.0. The van der Waals surface area contributed by atoms with Crippen LogP contribution in [0, 0.1) is 0 Å². The summed E-state index contributed by atoms with van der Waals surface area (Å²) >= 11 is 0. The molecular weight excluding hydrogens is 323 g/mol. The van der Waals surface area contributed by atoms with Crippen LogP contribution < -0.4 is 10.6 Å². The van der Waals surface area contributed by atoms with Crippen LogP contribution in [0.25, 0.3) is 0 Å². The highest BCUT2D eigenvalue weighted by Gasteiger charge is 2.31. The van der Waals surface area contributed by atoms with E-state index in [1.165, 1.54) is 12.1 Å². The number of amides is 1. The highest BCUT2D eigenvalue weighted by Crippen LogP contribution is 2.36. The van der Waals surface area contributed by atoms with Crippen LogP contribution >= 0.6 is 0 Å². The van der Waals surface area contributed by atoms with Crippen LogP contribution in [-0.4, -0.2) is 23.7 Å². The van der Waals surface area contributed by atoms with Crippen molar-refractivity contribution >= 4 is 17.5 Å². The van der Waals surface area contributed by atoms with Crippen molar-refractivity contribution in [2.75, 3.05) is 11.4 Å². The summed E-state index contributed by atoms with van der Waals surface area (Å²) in [7, 11) is 0. The van der Waals surface area contributed by atoms with E-state index in [9.17, 15) is 18.0 Å². The van der Waals surface area contributed by atoms with E-state index in [0.717, 1.165) is 23.4 Å². The molecule has 0 saturated carbocycles. The number of nitrogens with two attached hydrogens (primary N) is 1. The number of carbonyl (C=O) groups excluding carboxylic acids is 1. The van der Waals surface area contributed by atoms with Gasteiger partial charge in [-0.05, 0) is 35.9 Å². The number of benzene rings is 1. The number of hydrogen-bond acceptors (Lipinski definition) is 4. The van der Waals surface area contributed by atoms with Gasteiger partial charge in [-0.1, -0.05) is 0 Å². The van der Waals surface area contributed by atoms with Crippen LogP contribution in [0.3, 0.4) is 0 Å². The molecule has 1 atom stereocenters. The average molecular weight is 337 g/mol. The van der Waals surface area contributed by atoms with Crippen molar-refractivity contribution in [3.8, 4) is 0 Å². The molecular formula is C16H14F3N3O2. The van der Waals surface area contributed by atoms with E-state index >= 15 is 0 Å². The number of rotatable bonds is 2. The fraction of sp³-hybridized carbons (Fsp3) is 0.250. The van der Waals surface area contributed by atoms with Gasteiger partial charge in [0.1, 0.15) is 6.10 Å². The van der Waals surface area contributed by atoms with Crippen LogP contribution in [0.2, 0.25) is 0 Å². The number of carbonyl (C=O) groups is 1. The Kier molecular flexibility index (Phi) is 4.04. The fourth-order valence-corrected chi connectivity index (χ4v) is 2.77. The Balaban J connectivity index is 1.94. The Hall–Kier alpha value is -2.77. The molecule has 1 aliphatic rings. The molecule has 2 heterocycles. The third-order valence-corrected chi connectivity index (χ3v) is 3.79. The topological polar surface area (TPSA) is 68.5 Å². The number of nitrogens with zero attached hydrogens (tertiary/aromatic N) is 2. The summed E-state index contributed by atoms with van der Waals surface area (Å²) in [4.78, 5) is 16.8. The van der Waals surface area contributed by atoms with Gasteiger partial charge in [0.25, 0.3) is 0 Å². The van der Waals surface area contributed by atoms with Crippen LogP contribution in [0.4, 0.5) is 29.3 Å². The maximum Gasteiger partial charge on any atom is 0.416 e. The highest BCUT2D eigenvalue weighted by atomic mass is 19.4. The average Bonchev–Trinajstić information content (AvgIpc) is 2.53. The molecule has 0 fully saturated rings. The summed E-state index contributed by atoms with van der Waals surface area (Å²) in [6.07, 6.45) is -2.08. The summed E-state index contributed by atoms with van der Waals surface area (Å²) in [5, 5.41) is 0. The monoisotopic (exact) mass is 337 g/mol. The van der Waals surface area contributed by atoms with E-state index in [2.05, 4.69) is 4.98 Å². The summed E-state index contributed by atoms with van der Waals surface area (Å²) in [6.45, 7) is 0.297. The third-order valence-electron chi connectivity index (χ3n) is 3.79. The quantitative estimate of drug-likeness (QED) is 0.913. The molecule has 3 rings (SSSR count). The van der Waals surface area contributed by atoms with Crippen molar-refractivity contribution in [1.82, 2.24) is 4.98 Å². The zero-order valence-corrected chi connectivity index (χ0v) is 12.5. The number of pyridine rings is 1. The number of aromatic nitrogens is 1. The fourth-order valence-electron chi connectivity index (χ4n) is 2.77. The summed E-state index contributed by atoms with van der Waals surface area (Å²) < 4.78 is 43.2. The number of alkyl halides is 3. The molecule has 1 aromatic carbocycles. The first-order valence-corrected chi connectivity index (χ1v) is 7.18. The lowest BCUT2D eigenvalue weighted by Gasteiger charge is -2.35. The van der Waals surface area contributed by atoms with Crippen molar-refractivity contribution in [2.45, 2.75) is 18.7 Å². The molecule has 1 amide bonds. The zero-order valence-electron chi connectivity index (χ0n) is 12.5. The Morgan fingerprint density at radius 3 is 2.58 bits per heavy atom. The van der Waals surface area contributed by atoms with Crippen LogP contribution in [0.5, 0.6) is 0 Å². The van der Waals surface area contributed by atoms with Crippen LogP contribution in [-0.2, 0) is 17.3 Å². The first kappa shape index (κ1) is 16.1. The Bertz CT molecular complexity index is 747. The largest absolute Gasteiger partial charge is 0.444 e. The summed E-state index contributed by atoms with van der Waals surface area (Å²) in [5.41, 5.74) is 6.56. The van der Waals surface area contributed by atoms with E-state index in [0.29, 0.717) is 18.7 Å². The minimum Gasteiger partial charge on any atom is -0.444 e. The second-order valence-electron chi connectivity index (χ2n) is 5.42. The Morgan fingerprint density at radius 2 is 1.96 bits per heavy atom. The number of anilines is 2. The zero-order chi connectivity index (χ0) is 17.3. The normalized spacial score (nSPS) is 17.3. The van der Waals surface area contributed by atoms with Gasteiger partial charge in [0, 0.05) is 30.2 Å². The maximum atomic E-state index is 12.7. The minimum atomic E-state index is -4.39. The van der Waals surface area contributed by atoms with Crippen molar-refractivity contribution < 1.29 is 22.7 Å². The molecule has 24 heavy (non-hydrogen) atoms. The molecule has 0 spiro atoms. The van der Waals surface area contributed by atoms with Gasteiger partial charge in [-0.2, -0.15) is 13.2 Å². The van der Waals surface area contributed by atoms with Gasteiger partial charge < -0.3 is 15.4 Å². The van der Waals surface area contributed by atoms with E-state index < -0.39 is 23.9 Å². The molecule has 126 valence electrons. The molecule has 0 aliphatic carbocycles. The van der Waals surface area contributed by atoms with Gasteiger partial charge in [0.2, 0.25) is 0 Å². The predicted octanol–water partition coefficient (Wildman–Crippen LogP) is 3.26. The minimum absolute atomic E-state index is 0.297. The molecule has 1 unspecified atom stereocenters. The van der Waals surface area contributed by atoms with Crippen LogP contribution in [0.15, 0.2) is 42.7 Å². The van der Waals surface area contributed by atoms with Gasteiger partial charge in [-0.15, -0.1) is 0 Å². The van der Waals surface area contributed by atoms with Gasteiger partial charge in [-0.3, -0.25) is 4.98 Å². The van der Waals surface area contributed by atoms with Crippen molar-refractivity contribution in [1.29, 1.82) is 0 Å². The van der Waals surface area contributed by atoms with Crippen molar-refractivity contribution in [2.24, 2.45) is 5.73 Å². The first-order chi connectivity index (χ1) is 11.3. The van der Waals surface area contributed by atoms with E-state index in [4.69, 9.17) is 10.5 Å². The van der Waals surface area contributed by atoms with Gasteiger partial charge >= 0.3 is 12.3 Å². The maximum absolute atomic E-state index is 12.7. The standard InChI is InChI=1S/C16H14F3N3O2/c17-16(18,19)11-1-3-12(4-2-11)22-9-13(24-15(20)23)7-10-8-21-6-5-14(10)22/h1-6,8,13H,7,9H2,(H2,20,23). The van der Waals surface area contributed by atoms with E-state index in [-0.39, 0.29) is 0 Å². The van der Waals surface area contributed by atoms with Crippen molar-refractivity contribution in [3.05, 3.63) is 53.9 Å². The molecule has 5 nitrogen and oxygen atoms in total. The molecule has 0 saturated heterocycles.